The molecule has 0 aliphatic carbocycles. The van der Waals surface area contributed by atoms with E-state index in [-0.39, 0.29) is 12.1 Å². The summed E-state index contributed by atoms with van der Waals surface area (Å²) in [5.41, 5.74) is 1.85. The zero-order chi connectivity index (χ0) is 16.2. The fourth-order valence-corrected chi connectivity index (χ4v) is 2.32. The van der Waals surface area contributed by atoms with Crippen molar-refractivity contribution in [3.05, 3.63) is 65.9 Å². The fourth-order valence-electron chi connectivity index (χ4n) is 2.32. The van der Waals surface area contributed by atoms with Crippen LogP contribution in [0.5, 0.6) is 0 Å². The summed E-state index contributed by atoms with van der Waals surface area (Å²) in [7, 11) is 0. The van der Waals surface area contributed by atoms with Gasteiger partial charge in [0.1, 0.15) is 11.3 Å². The quantitative estimate of drug-likeness (QED) is 0.761. The van der Waals surface area contributed by atoms with Gasteiger partial charge in [-0.15, -0.1) is 0 Å². The van der Waals surface area contributed by atoms with Crippen molar-refractivity contribution in [3.8, 4) is 6.07 Å². The number of carbonyl (C=O) groups is 1. The standard InChI is InChI=1S/C18H15N3O2/c1-12(17-10-14-6-2-3-8-16(14)23-17)20-18(22)21-15-7-4-5-13(9-15)11-19/h2-10,12H,1H3,(H2,20,21,22). The Labute approximate surface area is 133 Å². The number of anilines is 1. The number of hydrogen-bond acceptors (Lipinski definition) is 3. The van der Waals surface area contributed by atoms with Gasteiger partial charge in [-0.25, -0.2) is 4.79 Å². The molecule has 3 aromatic rings. The number of nitrogens with zero attached hydrogens (tertiary/aromatic N) is 1. The molecule has 23 heavy (non-hydrogen) atoms. The van der Waals surface area contributed by atoms with Gasteiger partial charge in [0.05, 0.1) is 17.7 Å². The second-order valence-corrected chi connectivity index (χ2v) is 5.20. The first-order chi connectivity index (χ1) is 11.2. The van der Waals surface area contributed by atoms with E-state index in [1.54, 1.807) is 24.3 Å². The van der Waals surface area contributed by atoms with Crippen molar-refractivity contribution in [2.45, 2.75) is 13.0 Å². The number of rotatable bonds is 3. The van der Waals surface area contributed by atoms with E-state index in [0.29, 0.717) is 17.0 Å². The number of amides is 2. The molecule has 5 nitrogen and oxygen atoms in total. The molecule has 0 aliphatic rings. The third kappa shape index (κ3) is 3.33. The largest absolute Gasteiger partial charge is 0.459 e. The van der Waals surface area contributed by atoms with Crippen LogP contribution in [0.1, 0.15) is 24.3 Å². The van der Waals surface area contributed by atoms with Crippen molar-refractivity contribution < 1.29 is 9.21 Å². The molecule has 2 aromatic carbocycles. The molecule has 0 aliphatic heterocycles. The van der Waals surface area contributed by atoms with E-state index in [4.69, 9.17) is 9.68 Å². The van der Waals surface area contributed by atoms with E-state index >= 15 is 0 Å². The van der Waals surface area contributed by atoms with Crippen LogP contribution in [0.2, 0.25) is 0 Å². The van der Waals surface area contributed by atoms with E-state index in [2.05, 4.69) is 10.6 Å². The molecular formula is C18H15N3O2. The Bertz CT molecular complexity index is 859. The summed E-state index contributed by atoms with van der Waals surface area (Å²) in [6, 6.07) is 17.8. The average Bonchev–Trinajstić information content (AvgIpc) is 2.99. The Balaban J connectivity index is 1.68. The Morgan fingerprint density at radius 1 is 1.17 bits per heavy atom. The lowest BCUT2D eigenvalue weighted by atomic mass is 10.2. The molecule has 1 unspecified atom stereocenters. The van der Waals surface area contributed by atoms with Gasteiger partial charge in [-0.05, 0) is 37.3 Å². The molecule has 0 fully saturated rings. The number of fused-ring (bicyclic) bond motifs is 1. The lowest BCUT2D eigenvalue weighted by molar-refractivity contribution is 0.248. The summed E-state index contributed by atoms with van der Waals surface area (Å²) in [5, 5.41) is 15.4. The van der Waals surface area contributed by atoms with Crippen LogP contribution < -0.4 is 10.6 Å². The van der Waals surface area contributed by atoms with E-state index in [1.807, 2.05) is 43.3 Å². The van der Waals surface area contributed by atoms with E-state index in [9.17, 15) is 4.79 Å². The number of nitrogens with one attached hydrogen (secondary N) is 2. The molecule has 3 rings (SSSR count). The van der Waals surface area contributed by atoms with Gasteiger partial charge in [-0.2, -0.15) is 5.26 Å². The minimum atomic E-state index is -0.354. The minimum absolute atomic E-state index is 0.276. The van der Waals surface area contributed by atoms with Crippen molar-refractivity contribution in [2.24, 2.45) is 0 Å². The Hall–Kier alpha value is -3.26. The van der Waals surface area contributed by atoms with Crippen LogP contribution in [0.25, 0.3) is 11.0 Å². The molecule has 1 atom stereocenters. The summed E-state index contributed by atoms with van der Waals surface area (Å²) in [4.78, 5) is 12.1. The van der Waals surface area contributed by atoms with Gasteiger partial charge in [0.15, 0.2) is 0 Å². The highest BCUT2D eigenvalue weighted by Crippen LogP contribution is 2.23. The zero-order valence-electron chi connectivity index (χ0n) is 12.5. The molecular weight excluding hydrogens is 290 g/mol. The van der Waals surface area contributed by atoms with Crippen LogP contribution in [-0.2, 0) is 0 Å². The van der Waals surface area contributed by atoms with Crippen molar-refractivity contribution in [1.29, 1.82) is 5.26 Å². The lowest BCUT2D eigenvalue weighted by Crippen LogP contribution is -2.30. The molecule has 0 bridgehead atoms. The minimum Gasteiger partial charge on any atom is -0.459 e. The maximum atomic E-state index is 12.1. The number of urea groups is 1. The SMILES string of the molecule is CC(NC(=O)Nc1cccc(C#N)c1)c1cc2ccccc2o1. The van der Waals surface area contributed by atoms with E-state index in [0.717, 1.165) is 11.0 Å². The second kappa shape index (κ2) is 6.24. The van der Waals surface area contributed by atoms with Gasteiger partial charge in [0.25, 0.3) is 0 Å². The first kappa shape index (κ1) is 14.7. The molecule has 1 aromatic heterocycles. The van der Waals surface area contributed by atoms with Gasteiger partial charge in [-0.3, -0.25) is 0 Å². The van der Waals surface area contributed by atoms with Crippen molar-refractivity contribution >= 4 is 22.7 Å². The number of para-hydroxylation sites is 1. The van der Waals surface area contributed by atoms with Gasteiger partial charge < -0.3 is 15.1 Å². The third-order valence-electron chi connectivity index (χ3n) is 3.47. The number of carbonyl (C=O) groups excluding carboxylic acids is 1. The van der Waals surface area contributed by atoms with E-state index in [1.165, 1.54) is 0 Å². The average molecular weight is 305 g/mol. The number of nitriles is 1. The van der Waals surface area contributed by atoms with Crippen molar-refractivity contribution in [1.82, 2.24) is 5.32 Å². The van der Waals surface area contributed by atoms with Crippen LogP contribution in [0.4, 0.5) is 10.5 Å². The van der Waals surface area contributed by atoms with E-state index < -0.39 is 0 Å². The Kier molecular flexibility index (Phi) is 3.98. The summed E-state index contributed by atoms with van der Waals surface area (Å²) >= 11 is 0. The molecule has 2 N–H and O–H groups in total. The molecule has 0 spiro atoms. The van der Waals surface area contributed by atoms with Crippen LogP contribution in [0.15, 0.2) is 59.0 Å². The Morgan fingerprint density at radius 2 is 2.00 bits per heavy atom. The van der Waals surface area contributed by atoms with Crippen LogP contribution >= 0.6 is 0 Å². The van der Waals surface area contributed by atoms with Crippen LogP contribution in [0.3, 0.4) is 0 Å². The van der Waals surface area contributed by atoms with Crippen LogP contribution in [0, 0.1) is 11.3 Å². The van der Waals surface area contributed by atoms with Crippen molar-refractivity contribution in [2.75, 3.05) is 5.32 Å². The van der Waals surface area contributed by atoms with Gasteiger partial charge in [-0.1, -0.05) is 24.3 Å². The topological polar surface area (TPSA) is 78.1 Å². The zero-order valence-corrected chi connectivity index (χ0v) is 12.5. The van der Waals surface area contributed by atoms with Gasteiger partial charge >= 0.3 is 6.03 Å². The van der Waals surface area contributed by atoms with Gasteiger partial charge in [0.2, 0.25) is 0 Å². The monoisotopic (exact) mass is 305 g/mol. The second-order valence-electron chi connectivity index (χ2n) is 5.20. The summed E-state index contributed by atoms with van der Waals surface area (Å²) in [6.45, 7) is 1.85. The fraction of sp³-hybridized carbons (Fsp3) is 0.111. The summed E-state index contributed by atoms with van der Waals surface area (Å²) < 4.78 is 5.73. The maximum absolute atomic E-state index is 12.1. The first-order valence-corrected chi connectivity index (χ1v) is 7.22. The summed E-state index contributed by atoms with van der Waals surface area (Å²) in [5.74, 6) is 0.687. The predicted molar refractivity (Wildman–Crippen MR) is 87.9 cm³/mol. The third-order valence-corrected chi connectivity index (χ3v) is 3.47. The number of hydrogen-bond donors (Lipinski definition) is 2. The lowest BCUT2D eigenvalue weighted by Gasteiger charge is -2.12. The predicted octanol–water partition coefficient (Wildman–Crippen LogP) is 4.19. The normalized spacial score (nSPS) is 11.7. The highest BCUT2D eigenvalue weighted by molar-refractivity contribution is 5.89. The number of benzene rings is 2. The molecule has 0 saturated heterocycles. The molecule has 1 heterocycles. The van der Waals surface area contributed by atoms with Gasteiger partial charge in [0, 0.05) is 11.1 Å². The molecule has 114 valence electrons. The molecule has 0 saturated carbocycles. The maximum Gasteiger partial charge on any atom is 0.319 e. The highest BCUT2D eigenvalue weighted by atomic mass is 16.3. The smallest absolute Gasteiger partial charge is 0.319 e. The van der Waals surface area contributed by atoms with Crippen LogP contribution in [-0.4, -0.2) is 6.03 Å². The Morgan fingerprint density at radius 3 is 2.78 bits per heavy atom. The first-order valence-electron chi connectivity index (χ1n) is 7.22. The highest BCUT2D eigenvalue weighted by Gasteiger charge is 2.14. The molecule has 2 amide bonds. The summed E-state index contributed by atoms with van der Waals surface area (Å²) in [6.07, 6.45) is 0. The molecule has 0 radical (unpaired) electrons. The molecule has 5 heteroatoms. The number of furan rings is 1. The van der Waals surface area contributed by atoms with Crippen molar-refractivity contribution in [3.63, 3.8) is 0 Å².